The lowest BCUT2D eigenvalue weighted by Crippen LogP contribution is -2.32. The van der Waals surface area contributed by atoms with Crippen molar-refractivity contribution in [2.24, 2.45) is 0 Å². The first-order valence-electron chi connectivity index (χ1n) is 6.39. The van der Waals surface area contributed by atoms with Crippen LogP contribution in [-0.4, -0.2) is 47.5 Å². The number of nitrogen functional groups attached to an aromatic ring is 1. The van der Waals surface area contributed by atoms with Gasteiger partial charge in [-0.05, 0) is 13.8 Å². The predicted molar refractivity (Wildman–Crippen MR) is 70.6 cm³/mol. The molecule has 3 heterocycles. The molecule has 0 spiro atoms. The van der Waals surface area contributed by atoms with Crippen LogP contribution in [0.25, 0.3) is 11.2 Å². The Morgan fingerprint density at radius 1 is 1.50 bits per heavy atom. The average molecular weight is 279 g/mol. The molecule has 1 unspecified atom stereocenters. The summed E-state index contributed by atoms with van der Waals surface area (Å²) in [5.41, 5.74) is 5.57. The van der Waals surface area contributed by atoms with Gasteiger partial charge in [-0.15, -0.1) is 0 Å². The van der Waals surface area contributed by atoms with Crippen molar-refractivity contribution >= 4 is 17.0 Å². The minimum absolute atomic E-state index is 0.276. The zero-order valence-electron chi connectivity index (χ0n) is 11.3. The first kappa shape index (κ1) is 13.2. The van der Waals surface area contributed by atoms with E-state index >= 15 is 0 Å². The normalized spacial score (nSPS) is 31.8. The molecule has 1 aliphatic rings. The minimum Gasteiger partial charge on any atom is -0.391 e. The fraction of sp³-hybridized carbons (Fsp3) is 0.583. The molecule has 1 fully saturated rings. The van der Waals surface area contributed by atoms with E-state index in [-0.39, 0.29) is 5.82 Å². The van der Waals surface area contributed by atoms with E-state index in [1.54, 1.807) is 18.4 Å². The third kappa shape index (κ3) is 1.92. The van der Waals surface area contributed by atoms with Gasteiger partial charge in [-0.3, -0.25) is 4.57 Å². The molecular weight excluding hydrogens is 262 g/mol. The van der Waals surface area contributed by atoms with Crippen molar-refractivity contribution in [3.63, 3.8) is 0 Å². The fourth-order valence-corrected chi connectivity index (χ4v) is 2.56. The Morgan fingerprint density at radius 3 is 2.90 bits per heavy atom. The molecule has 0 bridgehead atoms. The number of hydrogen-bond donors (Lipinski definition) is 3. The van der Waals surface area contributed by atoms with Gasteiger partial charge in [0.1, 0.15) is 17.4 Å². The Morgan fingerprint density at radius 2 is 2.25 bits per heavy atom. The maximum atomic E-state index is 10.5. The second kappa shape index (κ2) is 4.37. The fourth-order valence-electron chi connectivity index (χ4n) is 2.56. The van der Waals surface area contributed by atoms with Gasteiger partial charge in [-0.2, -0.15) is 0 Å². The van der Waals surface area contributed by atoms with Crippen LogP contribution in [0.1, 0.15) is 26.5 Å². The number of anilines is 1. The molecule has 2 aromatic heterocycles. The summed E-state index contributed by atoms with van der Waals surface area (Å²) in [6.07, 6.45) is 1.40. The summed E-state index contributed by atoms with van der Waals surface area (Å²) in [5.74, 6) is 0.276. The van der Waals surface area contributed by atoms with Gasteiger partial charge in [0.2, 0.25) is 0 Å². The standard InChI is InChI=1S/C12H17N5O3/c1-6(18)7-3-12(2,19)11(20-7)17-5-16-8-9(13)14-4-15-10(8)17/h4-7,11,18-19H,3H2,1-2H3,(H2,13,14,15)/t6-,7?,11+,12+/m0/s1. The molecule has 0 aromatic carbocycles. The van der Waals surface area contributed by atoms with Crippen molar-refractivity contribution in [2.75, 3.05) is 5.73 Å². The van der Waals surface area contributed by atoms with Crippen molar-refractivity contribution in [1.29, 1.82) is 0 Å². The molecule has 1 aliphatic heterocycles. The highest BCUT2D eigenvalue weighted by Gasteiger charge is 2.47. The Labute approximate surface area is 115 Å². The zero-order valence-corrected chi connectivity index (χ0v) is 11.3. The summed E-state index contributed by atoms with van der Waals surface area (Å²) in [7, 11) is 0. The summed E-state index contributed by atoms with van der Waals surface area (Å²) in [5, 5.41) is 20.2. The first-order valence-corrected chi connectivity index (χ1v) is 6.39. The van der Waals surface area contributed by atoms with Crippen LogP contribution < -0.4 is 5.73 Å². The van der Waals surface area contributed by atoms with Gasteiger partial charge >= 0.3 is 0 Å². The second-order valence-electron chi connectivity index (χ2n) is 5.41. The predicted octanol–water partition coefficient (Wildman–Crippen LogP) is -0.172. The molecule has 0 amide bonds. The third-order valence-electron chi connectivity index (χ3n) is 3.63. The first-order chi connectivity index (χ1) is 9.40. The van der Waals surface area contributed by atoms with E-state index in [2.05, 4.69) is 15.0 Å². The smallest absolute Gasteiger partial charge is 0.167 e. The van der Waals surface area contributed by atoms with E-state index in [4.69, 9.17) is 10.5 Å². The van der Waals surface area contributed by atoms with Gasteiger partial charge in [-0.1, -0.05) is 0 Å². The molecular formula is C12H17N5O3. The van der Waals surface area contributed by atoms with Gasteiger partial charge in [0.25, 0.3) is 0 Å². The van der Waals surface area contributed by atoms with Crippen LogP contribution >= 0.6 is 0 Å². The van der Waals surface area contributed by atoms with Crippen LogP contribution in [0, 0.1) is 0 Å². The molecule has 2 aromatic rings. The number of rotatable bonds is 2. The Bertz CT molecular complexity index is 639. The van der Waals surface area contributed by atoms with E-state index in [1.165, 1.54) is 12.7 Å². The van der Waals surface area contributed by atoms with Gasteiger partial charge < -0.3 is 20.7 Å². The molecule has 3 rings (SSSR count). The highest BCUT2D eigenvalue weighted by molar-refractivity contribution is 5.81. The van der Waals surface area contributed by atoms with Gasteiger partial charge in [0.05, 0.1) is 18.5 Å². The molecule has 0 aliphatic carbocycles. The molecule has 0 radical (unpaired) electrons. The van der Waals surface area contributed by atoms with Crippen molar-refractivity contribution in [1.82, 2.24) is 19.5 Å². The lowest BCUT2D eigenvalue weighted by molar-refractivity contribution is -0.0963. The van der Waals surface area contributed by atoms with Gasteiger partial charge in [0, 0.05) is 6.42 Å². The Balaban J connectivity index is 2.05. The van der Waals surface area contributed by atoms with E-state index in [1.807, 2.05) is 0 Å². The van der Waals surface area contributed by atoms with Crippen LogP contribution in [0.3, 0.4) is 0 Å². The van der Waals surface area contributed by atoms with Crippen LogP contribution in [0.4, 0.5) is 5.82 Å². The maximum Gasteiger partial charge on any atom is 0.167 e. The number of nitrogens with two attached hydrogens (primary N) is 1. The van der Waals surface area contributed by atoms with Crippen molar-refractivity contribution in [3.8, 4) is 0 Å². The van der Waals surface area contributed by atoms with Crippen LogP contribution in [0.15, 0.2) is 12.7 Å². The highest BCUT2D eigenvalue weighted by Crippen LogP contribution is 2.40. The largest absolute Gasteiger partial charge is 0.391 e. The summed E-state index contributed by atoms with van der Waals surface area (Å²) in [6, 6.07) is 0. The Hall–Kier alpha value is -1.77. The summed E-state index contributed by atoms with van der Waals surface area (Å²) >= 11 is 0. The van der Waals surface area contributed by atoms with Gasteiger partial charge in [0.15, 0.2) is 17.7 Å². The Kier molecular flexibility index (Phi) is 2.89. The lowest BCUT2D eigenvalue weighted by atomic mass is 9.98. The number of nitrogens with zero attached hydrogens (tertiary/aromatic N) is 4. The summed E-state index contributed by atoms with van der Waals surface area (Å²) in [6.45, 7) is 3.30. The van der Waals surface area contributed by atoms with Crippen LogP contribution in [0.2, 0.25) is 0 Å². The topological polar surface area (TPSA) is 119 Å². The molecule has 0 saturated carbocycles. The lowest BCUT2D eigenvalue weighted by Gasteiger charge is -2.24. The average Bonchev–Trinajstić information content (AvgIpc) is 2.90. The number of hydrogen-bond acceptors (Lipinski definition) is 7. The second-order valence-corrected chi connectivity index (χ2v) is 5.41. The number of fused-ring (bicyclic) bond motifs is 1. The molecule has 4 atom stereocenters. The van der Waals surface area contributed by atoms with Gasteiger partial charge in [-0.25, -0.2) is 15.0 Å². The maximum absolute atomic E-state index is 10.5. The van der Waals surface area contributed by atoms with E-state index in [0.29, 0.717) is 17.6 Å². The molecule has 8 heteroatoms. The summed E-state index contributed by atoms with van der Waals surface area (Å²) < 4.78 is 7.37. The highest BCUT2D eigenvalue weighted by atomic mass is 16.5. The number of imidazole rings is 1. The number of aliphatic hydroxyl groups excluding tert-OH is 1. The number of aromatic nitrogens is 4. The van der Waals surface area contributed by atoms with E-state index in [0.717, 1.165) is 0 Å². The third-order valence-corrected chi connectivity index (χ3v) is 3.63. The minimum atomic E-state index is -1.13. The number of ether oxygens (including phenoxy) is 1. The van der Waals surface area contributed by atoms with Crippen molar-refractivity contribution in [2.45, 2.75) is 44.3 Å². The quantitative estimate of drug-likeness (QED) is 0.698. The molecule has 108 valence electrons. The van der Waals surface area contributed by atoms with Crippen LogP contribution in [-0.2, 0) is 4.74 Å². The van der Waals surface area contributed by atoms with Crippen LogP contribution in [0.5, 0.6) is 0 Å². The zero-order chi connectivity index (χ0) is 14.5. The molecule has 20 heavy (non-hydrogen) atoms. The SMILES string of the molecule is C[C@H](O)C1C[C@@](C)(O)[C@H](n2cnc3c(N)ncnc32)O1. The van der Waals surface area contributed by atoms with E-state index < -0.39 is 24.0 Å². The van der Waals surface area contributed by atoms with E-state index in [9.17, 15) is 10.2 Å². The van der Waals surface area contributed by atoms with Crippen molar-refractivity contribution in [3.05, 3.63) is 12.7 Å². The monoisotopic (exact) mass is 279 g/mol. The summed E-state index contributed by atoms with van der Waals surface area (Å²) in [4.78, 5) is 12.2. The molecule has 8 nitrogen and oxygen atoms in total. The molecule has 4 N–H and O–H groups in total. The molecule has 1 saturated heterocycles. The number of aliphatic hydroxyl groups is 2. The van der Waals surface area contributed by atoms with Crippen molar-refractivity contribution < 1.29 is 14.9 Å².